The Bertz CT molecular complexity index is 803. The van der Waals surface area contributed by atoms with E-state index in [1.165, 1.54) is 0 Å². The van der Waals surface area contributed by atoms with Crippen molar-refractivity contribution in [3.63, 3.8) is 0 Å². The van der Waals surface area contributed by atoms with Crippen LogP contribution in [0, 0.1) is 25.2 Å². The Labute approximate surface area is 141 Å². The Morgan fingerprint density at radius 1 is 1.12 bits per heavy atom. The van der Waals surface area contributed by atoms with Gasteiger partial charge in [0.1, 0.15) is 11.8 Å². The number of aryl methyl sites for hydroxylation is 2. The first-order valence-corrected chi connectivity index (χ1v) is 7.94. The van der Waals surface area contributed by atoms with Gasteiger partial charge in [-0.05, 0) is 31.5 Å². The van der Waals surface area contributed by atoms with E-state index in [-0.39, 0.29) is 5.91 Å². The zero-order chi connectivity index (χ0) is 17.1. The number of anilines is 1. The van der Waals surface area contributed by atoms with Crippen LogP contribution in [0.1, 0.15) is 27.3 Å². The summed E-state index contributed by atoms with van der Waals surface area (Å²) < 4.78 is 0. The molecule has 0 saturated carbocycles. The van der Waals surface area contributed by atoms with Crippen molar-refractivity contribution in [3.8, 4) is 6.07 Å². The first kappa shape index (κ1) is 15.9. The molecular weight excluding hydrogens is 302 g/mol. The number of aromatic nitrogens is 2. The Morgan fingerprint density at radius 2 is 1.83 bits per heavy atom. The van der Waals surface area contributed by atoms with Crippen molar-refractivity contribution < 1.29 is 4.79 Å². The van der Waals surface area contributed by atoms with E-state index in [1.807, 2.05) is 47.9 Å². The molecule has 1 amide bonds. The maximum atomic E-state index is 12.7. The van der Waals surface area contributed by atoms with Crippen LogP contribution < -0.4 is 4.90 Å². The van der Waals surface area contributed by atoms with E-state index in [1.54, 1.807) is 6.07 Å². The number of benzene rings is 1. The number of rotatable bonds is 2. The van der Waals surface area contributed by atoms with Gasteiger partial charge in [-0.3, -0.25) is 4.79 Å². The highest BCUT2D eigenvalue weighted by atomic mass is 16.2. The Kier molecular flexibility index (Phi) is 4.43. The average Bonchev–Trinajstić information content (AvgIpc) is 2.61. The van der Waals surface area contributed by atoms with Crippen molar-refractivity contribution in [3.05, 3.63) is 52.8 Å². The van der Waals surface area contributed by atoms with E-state index in [9.17, 15) is 4.79 Å². The first-order valence-electron chi connectivity index (χ1n) is 7.94. The molecule has 0 N–H and O–H groups in total. The fourth-order valence-corrected chi connectivity index (χ4v) is 2.84. The highest BCUT2D eigenvalue weighted by Gasteiger charge is 2.24. The minimum atomic E-state index is 0.0654. The van der Waals surface area contributed by atoms with E-state index < -0.39 is 0 Å². The molecule has 122 valence electrons. The third kappa shape index (κ3) is 3.20. The summed E-state index contributed by atoms with van der Waals surface area (Å²) in [6.07, 6.45) is 0. The number of hydrogen-bond acceptors (Lipinski definition) is 5. The zero-order valence-corrected chi connectivity index (χ0v) is 13.9. The molecule has 0 aliphatic carbocycles. The predicted octanol–water partition coefficient (Wildman–Crippen LogP) is 1.93. The molecule has 2 heterocycles. The van der Waals surface area contributed by atoms with Gasteiger partial charge < -0.3 is 9.80 Å². The molecule has 6 nitrogen and oxygen atoms in total. The van der Waals surface area contributed by atoms with Crippen molar-refractivity contribution >= 4 is 11.9 Å². The molecule has 1 saturated heterocycles. The Hall–Kier alpha value is -2.94. The summed E-state index contributed by atoms with van der Waals surface area (Å²) in [5.74, 6) is 0.630. The maximum absolute atomic E-state index is 12.7. The van der Waals surface area contributed by atoms with Crippen LogP contribution in [0.2, 0.25) is 0 Å². The van der Waals surface area contributed by atoms with Crippen LogP contribution in [0.3, 0.4) is 0 Å². The van der Waals surface area contributed by atoms with E-state index in [4.69, 9.17) is 5.26 Å². The summed E-state index contributed by atoms with van der Waals surface area (Å²) in [6, 6.07) is 11.4. The molecule has 1 aromatic carbocycles. The Balaban J connectivity index is 1.70. The van der Waals surface area contributed by atoms with Gasteiger partial charge in [-0.15, -0.1) is 0 Å². The van der Waals surface area contributed by atoms with E-state index >= 15 is 0 Å². The van der Waals surface area contributed by atoms with Gasteiger partial charge in [-0.2, -0.15) is 5.26 Å². The standard InChI is InChI=1S/C18H19N5O/c1-13-5-3-4-6-16(13)17(24)22-7-9-23(10-8-22)18-20-14(2)11-15(12-19)21-18/h3-6,11H,7-10H2,1-2H3. The van der Waals surface area contributed by atoms with Crippen LogP contribution in [0.4, 0.5) is 5.95 Å². The van der Waals surface area contributed by atoms with Gasteiger partial charge in [0.25, 0.3) is 5.91 Å². The molecule has 0 bridgehead atoms. The van der Waals surface area contributed by atoms with Crippen LogP contribution in [0.25, 0.3) is 0 Å². The summed E-state index contributed by atoms with van der Waals surface area (Å²) in [7, 11) is 0. The summed E-state index contributed by atoms with van der Waals surface area (Å²) in [6.45, 7) is 6.36. The predicted molar refractivity (Wildman–Crippen MR) is 90.8 cm³/mol. The van der Waals surface area contributed by atoms with Crippen molar-refractivity contribution in [1.29, 1.82) is 5.26 Å². The quantitative estimate of drug-likeness (QED) is 0.845. The zero-order valence-electron chi connectivity index (χ0n) is 13.9. The van der Waals surface area contributed by atoms with Crippen molar-refractivity contribution in [2.24, 2.45) is 0 Å². The van der Waals surface area contributed by atoms with Crippen LogP contribution in [-0.2, 0) is 0 Å². The highest BCUT2D eigenvalue weighted by molar-refractivity contribution is 5.95. The van der Waals surface area contributed by atoms with Gasteiger partial charge in [0.05, 0.1) is 0 Å². The lowest BCUT2D eigenvalue weighted by Gasteiger charge is -2.35. The molecular formula is C18H19N5O. The van der Waals surface area contributed by atoms with E-state index in [2.05, 4.69) is 16.0 Å². The largest absolute Gasteiger partial charge is 0.337 e. The summed E-state index contributed by atoms with van der Waals surface area (Å²) >= 11 is 0. The number of nitriles is 1. The average molecular weight is 321 g/mol. The molecule has 0 radical (unpaired) electrons. The van der Waals surface area contributed by atoms with Crippen LogP contribution in [0.15, 0.2) is 30.3 Å². The molecule has 24 heavy (non-hydrogen) atoms. The smallest absolute Gasteiger partial charge is 0.254 e. The van der Waals surface area contributed by atoms with E-state index in [0.717, 1.165) is 16.8 Å². The molecule has 0 unspecified atom stereocenters. The lowest BCUT2D eigenvalue weighted by molar-refractivity contribution is 0.0745. The van der Waals surface area contributed by atoms with Gasteiger partial charge >= 0.3 is 0 Å². The number of carbonyl (C=O) groups excluding carboxylic acids is 1. The van der Waals surface area contributed by atoms with Crippen molar-refractivity contribution in [2.45, 2.75) is 13.8 Å². The SMILES string of the molecule is Cc1cc(C#N)nc(N2CCN(C(=O)c3ccccc3C)CC2)n1. The molecule has 3 rings (SSSR count). The van der Waals surface area contributed by atoms with Crippen LogP contribution in [-0.4, -0.2) is 47.0 Å². The summed E-state index contributed by atoms with van der Waals surface area (Å²) in [5, 5.41) is 9.04. The van der Waals surface area contributed by atoms with Crippen molar-refractivity contribution in [1.82, 2.24) is 14.9 Å². The Morgan fingerprint density at radius 3 is 2.50 bits per heavy atom. The molecule has 1 aliphatic rings. The topological polar surface area (TPSA) is 73.1 Å². The molecule has 2 aromatic rings. The van der Waals surface area contributed by atoms with Gasteiger partial charge in [-0.25, -0.2) is 9.97 Å². The number of carbonyl (C=O) groups is 1. The molecule has 1 aromatic heterocycles. The number of nitrogens with zero attached hydrogens (tertiary/aromatic N) is 5. The third-order valence-electron chi connectivity index (χ3n) is 4.18. The summed E-state index contributed by atoms with van der Waals surface area (Å²) in [5.41, 5.74) is 2.89. The minimum absolute atomic E-state index is 0.0654. The van der Waals surface area contributed by atoms with Gasteiger partial charge in [0.15, 0.2) is 0 Å². The molecule has 0 spiro atoms. The number of amides is 1. The molecule has 0 atom stereocenters. The monoisotopic (exact) mass is 321 g/mol. The fourth-order valence-electron chi connectivity index (χ4n) is 2.84. The van der Waals surface area contributed by atoms with E-state index in [0.29, 0.717) is 37.8 Å². The van der Waals surface area contributed by atoms with Gasteiger partial charge in [0.2, 0.25) is 5.95 Å². The first-order chi connectivity index (χ1) is 11.6. The number of piperazine rings is 1. The molecule has 1 aliphatic heterocycles. The third-order valence-corrected chi connectivity index (χ3v) is 4.18. The summed E-state index contributed by atoms with van der Waals surface area (Å²) in [4.78, 5) is 25.2. The van der Waals surface area contributed by atoms with Crippen LogP contribution >= 0.6 is 0 Å². The maximum Gasteiger partial charge on any atom is 0.254 e. The lowest BCUT2D eigenvalue weighted by atomic mass is 10.1. The highest BCUT2D eigenvalue weighted by Crippen LogP contribution is 2.16. The number of hydrogen-bond donors (Lipinski definition) is 0. The normalized spacial score (nSPS) is 14.4. The minimum Gasteiger partial charge on any atom is -0.337 e. The second-order valence-corrected chi connectivity index (χ2v) is 5.90. The molecule has 1 fully saturated rings. The lowest BCUT2D eigenvalue weighted by Crippen LogP contribution is -2.49. The van der Waals surface area contributed by atoms with Gasteiger partial charge in [-0.1, -0.05) is 18.2 Å². The fraction of sp³-hybridized carbons (Fsp3) is 0.333. The van der Waals surface area contributed by atoms with Crippen LogP contribution in [0.5, 0.6) is 0 Å². The van der Waals surface area contributed by atoms with Gasteiger partial charge in [0, 0.05) is 37.4 Å². The second-order valence-electron chi connectivity index (χ2n) is 5.90. The molecule has 6 heteroatoms. The van der Waals surface area contributed by atoms with Crippen molar-refractivity contribution in [2.75, 3.05) is 31.1 Å². The second kappa shape index (κ2) is 6.67.